The number of piperidine rings is 1. The molecular formula is C13H22N2O2S. The fourth-order valence-corrected chi connectivity index (χ4v) is 4.23. The van der Waals surface area contributed by atoms with Crippen LogP contribution in [0.25, 0.3) is 0 Å². The number of rotatable bonds is 4. The standard InChI is InChI=1S/C13H22N2O2S/c16-13(8-18-10-3-5-14-6-4-10)15-11-7-9-1-2-12(11)17-9/h9-12,14H,1-8H2,(H,15,16). The summed E-state index contributed by atoms with van der Waals surface area (Å²) in [7, 11) is 0. The molecular weight excluding hydrogens is 248 g/mol. The van der Waals surface area contributed by atoms with Crippen molar-refractivity contribution in [1.82, 2.24) is 10.6 Å². The summed E-state index contributed by atoms with van der Waals surface area (Å²) in [5, 5.41) is 7.16. The molecule has 3 fully saturated rings. The molecule has 2 bridgehead atoms. The van der Waals surface area contributed by atoms with Gasteiger partial charge in [-0.2, -0.15) is 0 Å². The number of amides is 1. The Hall–Kier alpha value is -0.260. The fourth-order valence-electron chi connectivity index (χ4n) is 3.19. The Labute approximate surface area is 113 Å². The highest BCUT2D eigenvalue weighted by Crippen LogP contribution is 2.34. The first kappa shape index (κ1) is 12.8. The molecule has 3 saturated heterocycles. The second kappa shape index (κ2) is 5.80. The van der Waals surface area contributed by atoms with Crippen LogP contribution in [0.3, 0.4) is 0 Å². The summed E-state index contributed by atoms with van der Waals surface area (Å²) in [6, 6.07) is 0.282. The zero-order valence-electron chi connectivity index (χ0n) is 10.7. The first-order valence-electron chi connectivity index (χ1n) is 7.08. The number of hydrogen-bond acceptors (Lipinski definition) is 4. The molecule has 0 aromatic rings. The molecule has 5 heteroatoms. The topological polar surface area (TPSA) is 50.4 Å². The molecule has 0 aromatic carbocycles. The Morgan fingerprint density at radius 1 is 1.28 bits per heavy atom. The van der Waals surface area contributed by atoms with Crippen molar-refractivity contribution in [2.75, 3.05) is 18.8 Å². The SMILES string of the molecule is O=C(CSC1CCNCC1)NC1CC2CCC1O2. The van der Waals surface area contributed by atoms with Crippen LogP contribution in [0.5, 0.6) is 0 Å². The number of carbonyl (C=O) groups is 1. The van der Waals surface area contributed by atoms with Gasteiger partial charge in [-0.1, -0.05) is 0 Å². The largest absolute Gasteiger partial charge is 0.373 e. The van der Waals surface area contributed by atoms with Crippen molar-refractivity contribution < 1.29 is 9.53 Å². The molecule has 0 saturated carbocycles. The van der Waals surface area contributed by atoms with E-state index >= 15 is 0 Å². The zero-order valence-corrected chi connectivity index (χ0v) is 11.5. The van der Waals surface area contributed by atoms with Crippen LogP contribution in [-0.4, -0.2) is 48.2 Å². The van der Waals surface area contributed by atoms with E-state index in [0.29, 0.717) is 23.2 Å². The number of hydrogen-bond donors (Lipinski definition) is 2. The highest BCUT2D eigenvalue weighted by atomic mass is 32.2. The molecule has 3 rings (SSSR count). The third-order valence-corrected chi connectivity index (χ3v) is 5.56. The molecule has 102 valence electrons. The summed E-state index contributed by atoms with van der Waals surface area (Å²) in [4.78, 5) is 11.9. The van der Waals surface area contributed by atoms with Crippen molar-refractivity contribution in [1.29, 1.82) is 0 Å². The fraction of sp³-hybridized carbons (Fsp3) is 0.923. The van der Waals surface area contributed by atoms with Crippen LogP contribution in [0, 0.1) is 0 Å². The van der Waals surface area contributed by atoms with E-state index in [1.54, 1.807) is 0 Å². The summed E-state index contributed by atoms with van der Waals surface area (Å²) in [5.74, 6) is 0.804. The van der Waals surface area contributed by atoms with Gasteiger partial charge in [-0.25, -0.2) is 0 Å². The molecule has 3 aliphatic rings. The number of fused-ring (bicyclic) bond motifs is 2. The Balaban J connectivity index is 1.36. The molecule has 3 heterocycles. The minimum absolute atomic E-state index is 0.194. The minimum Gasteiger partial charge on any atom is -0.373 e. The number of nitrogens with one attached hydrogen (secondary N) is 2. The highest BCUT2D eigenvalue weighted by molar-refractivity contribution is 8.00. The predicted molar refractivity (Wildman–Crippen MR) is 72.8 cm³/mol. The predicted octanol–water partition coefficient (Wildman–Crippen LogP) is 0.908. The van der Waals surface area contributed by atoms with Crippen molar-refractivity contribution in [2.24, 2.45) is 0 Å². The Morgan fingerprint density at radius 2 is 2.11 bits per heavy atom. The van der Waals surface area contributed by atoms with Gasteiger partial charge in [-0.05, 0) is 45.2 Å². The third-order valence-electron chi connectivity index (χ3n) is 4.19. The lowest BCUT2D eigenvalue weighted by atomic mass is 9.95. The average Bonchev–Trinajstić information content (AvgIpc) is 3.00. The minimum atomic E-state index is 0.194. The Kier molecular flexibility index (Phi) is 4.11. The third kappa shape index (κ3) is 3.00. The molecule has 3 aliphatic heterocycles. The lowest BCUT2D eigenvalue weighted by Gasteiger charge is -2.23. The van der Waals surface area contributed by atoms with Crippen molar-refractivity contribution >= 4 is 17.7 Å². The maximum absolute atomic E-state index is 11.9. The van der Waals surface area contributed by atoms with Crippen LogP contribution >= 0.6 is 11.8 Å². The highest BCUT2D eigenvalue weighted by Gasteiger charge is 2.41. The van der Waals surface area contributed by atoms with Crippen LogP contribution in [0.1, 0.15) is 32.1 Å². The van der Waals surface area contributed by atoms with E-state index < -0.39 is 0 Å². The first-order valence-corrected chi connectivity index (χ1v) is 8.13. The van der Waals surface area contributed by atoms with Crippen molar-refractivity contribution in [3.05, 3.63) is 0 Å². The van der Waals surface area contributed by atoms with Gasteiger partial charge < -0.3 is 15.4 Å². The van der Waals surface area contributed by atoms with Crippen LogP contribution in [0.4, 0.5) is 0 Å². The van der Waals surface area contributed by atoms with E-state index in [1.807, 2.05) is 11.8 Å². The van der Waals surface area contributed by atoms with E-state index in [9.17, 15) is 4.79 Å². The first-order chi connectivity index (χ1) is 8.81. The molecule has 2 N–H and O–H groups in total. The van der Waals surface area contributed by atoms with Crippen LogP contribution in [-0.2, 0) is 9.53 Å². The van der Waals surface area contributed by atoms with E-state index in [-0.39, 0.29) is 11.9 Å². The monoisotopic (exact) mass is 270 g/mol. The van der Waals surface area contributed by atoms with Gasteiger partial charge >= 0.3 is 0 Å². The van der Waals surface area contributed by atoms with Gasteiger partial charge in [0.1, 0.15) is 0 Å². The number of carbonyl (C=O) groups excluding carboxylic acids is 1. The van der Waals surface area contributed by atoms with E-state index in [1.165, 1.54) is 19.3 Å². The van der Waals surface area contributed by atoms with Gasteiger partial charge in [0, 0.05) is 5.25 Å². The van der Waals surface area contributed by atoms with Gasteiger partial charge in [0.25, 0.3) is 0 Å². The summed E-state index contributed by atoms with van der Waals surface area (Å²) >= 11 is 1.82. The van der Waals surface area contributed by atoms with Gasteiger partial charge in [-0.15, -0.1) is 11.8 Å². The second-order valence-corrected chi connectivity index (χ2v) is 6.83. The lowest BCUT2D eigenvalue weighted by molar-refractivity contribution is -0.119. The van der Waals surface area contributed by atoms with Crippen molar-refractivity contribution in [3.63, 3.8) is 0 Å². The molecule has 4 nitrogen and oxygen atoms in total. The molecule has 0 aromatic heterocycles. The van der Waals surface area contributed by atoms with Crippen molar-refractivity contribution in [2.45, 2.75) is 55.6 Å². The van der Waals surface area contributed by atoms with Crippen LogP contribution in [0.2, 0.25) is 0 Å². The molecule has 0 radical (unpaired) electrons. The molecule has 1 amide bonds. The Morgan fingerprint density at radius 3 is 2.78 bits per heavy atom. The Bertz CT molecular complexity index is 307. The average molecular weight is 270 g/mol. The normalized spacial score (nSPS) is 35.9. The molecule has 18 heavy (non-hydrogen) atoms. The van der Waals surface area contributed by atoms with E-state index in [2.05, 4.69) is 10.6 Å². The summed E-state index contributed by atoms with van der Waals surface area (Å²) in [6.07, 6.45) is 6.41. The molecule has 0 spiro atoms. The molecule has 0 aliphatic carbocycles. The summed E-state index contributed by atoms with van der Waals surface area (Å²) in [6.45, 7) is 2.19. The van der Waals surface area contributed by atoms with E-state index in [0.717, 1.165) is 25.9 Å². The smallest absolute Gasteiger partial charge is 0.230 e. The number of thioether (sulfide) groups is 1. The van der Waals surface area contributed by atoms with Gasteiger partial charge in [0.2, 0.25) is 5.91 Å². The maximum Gasteiger partial charge on any atom is 0.230 e. The zero-order chi connectivity index (χ0) is 12.4. The second-order valence-electron chi connectivity index (χ2n) is 5.54. The lowest BCUT2D eigenvalue weighted by Crippen LogP contribution is -2.42. The molecule has 3 atom stereocenters. The maximum atomic E-state index is 11.9. The number of ether oxygens (including phenoxy) is 1. The summed E-state index contributed by atoms with van der Waals surface area (Å²) < 4.78 is 5.75. The molecule has 3 unspecified atom stereocenters. The summed E-state index contributed by atoms with van der Waals surface area (Å²) in [5.41, 5.74) is 0. The van der Waals surface area contributed by atoms with E-state index in [4.69, 9.17) is 4.74 Å². The van der Waals surface area contributed by atoms with Gasteiger partial charge in [0.15, 0.2) is 0 Å². The van der Waals surface area contributed by atoms with Crippen LogP contribution in [0.15, 0.2) is 0 Å². The van der Waals surface area contributed by atoms with Gasteiger partial charge in [0.05, 0.1) is 24.0 Å². The van der Waals surface area contributed by atoms with Crippen LogP contribution < -0.4 is 10.6 Å². The van der Waals surface area contributed by atoms with Crippen molar-refractivity contribution in [3.8, 4) is 0 Å². The quantitative estimate of drug-likeness (QED) is 0.797. The van der Waals surface area contributed by atoms with Gasteiger partial charge in [-0.3, -0.25) is 4.79 Å².